The number of amides is 2. The summed E-state index contributed by atoms with van der Waals surface area (Å²) in [6.45, 7) is 0.523. The van der Waals surface area contributed by atoms with Crippen LogP contribution in [0.25, 0.3) is 0 Å². The van der Waals surface area contributed by atoms with Gasteiger partial charge in [-0.3, -0.25) is 15.1 Å². The lowest BCUT2D eigenvalue weighted by atomic mass is 10.1. The Kier molecular flexibility index (Phi) is 5.70. The average Bonchev–Trinajstić information content (AvgIpc) is 3.19. The third-order valence-electron chi connectivity index (χ3n) is 5.40. The van der Waals surface area contributed by atoms with Gasteiger partial charge in [-0.15, -0.1) is 0 Å². The molecule has 0 spiro atoms. The van der Waals surface area contributed by atoms with Gasteiger partial charge >= 0.3 is 6.03 Å². The predicted molar refractivity (Wildman–Crippen MR) is 114 cm³/mol. The van der Waals surface area contributed by atoms with Crippen molar-refractivity contribution in [1.82, 2.24) is 9.88 Å². The number of nitro benzene ring substituents is 1. The Morgan fingerprint density at radius 2 is 1.87 bits per heavy atom. The Labute approximate surface area is 174 Å². The minimum atomic E-state index is -0.458. The van der Waals surface area contributed by atoms with Crippen molar-refractivity contribution in [1.29, 1.82) is 0 Å². The standard InChI is InChI=1S/C23H22N4O3/c28-23(25-19-9-11-20(12-10-19)27(29)30)26(16-14-18-6-3-4-15-24-18)22-13-8-17-5-1-2-7-21(17)22/h1-7,9-12,15,22H,8,13-14,16H2,(H,25,28). The van der Waals surface area contributed by atoms with Gasteiger partial charge in [0, 0.05) is 42.7 Å². The topological polar surface area (TPSA) is 88.4 Å². The number of fused-ring (bicyclic) bond motifs is 1. The van der Waals surface area contributed by atoms with Crippen LogP contribution in [0.15, 0.2) is 72.9 Å². The minimum Gasteiger partial charge on any atom is -0.317 e. The molecule has 1 N–H and O–H groups in total. The normalized spacial score (nSPS) is 14.7. The number of nitrogens with zero attached hydrogens (tertiary/aromatic N) is 3. The highest BCUT2D eigenvalue weighted by atomic mass is 16.6. The second kappa shape index (κ2) is 8.73. The molecule has 3 aromatic rings. The average molecular weight is 402 g/mol. The van der Waals surface area contributed by atoms with E-state index in [0.29, 0.717) is 18.7 Å². The number of nitro groups is 1. The van der Waals surface area contributed by atoms with Crippen LogP contribution >= 0.6 is 0 Å². The maximum Gasteiger partial charge on any atom is 0.322 e. The van der Waals surface area contributed by atoms with Gasteiger partial charge in [0.05, 0.1) is 11.0 Å². The Bertz CT molecular complexity index is 1040. The van der Waals surface area contributed by atoms with Gasteiger partial charge in [-0.25, -0.2) is 4.79 Å². The molecule has 0 saturated heterocycles. The van der Waals surface area contributed by atoms with Gasteiger partial charge in [0.1, 0.15) is 0 Å². The zero-order valence-corrected chi connectivity index (χ0v) is 16.4. The molecule has 4 rings (SSSR count). The smallest absolute Gasteiger partial charge is 0.317 e. The molecule has 30 heavy (non-hydrogen) atoms. The van der Waals surface area contributed by atoms with E-state index in [1.165, 1.54) is 23.3 Å². The number of hydrogen-bond acceptors (Lipinski definition) is 4. The summed E-state index contributed by atoms with van der Waals surface area (Å²) >= 11 is 0. The first-order valence-electron chi connectivity index (χ1n) is 9.91. The first-order valence-corrected chi connectivity index (χ1v) is 9.91. The molecule has 0 fully saturated rings. The quantitative estimate of drug-likeness (QED) is 0.476. The van der Waals surface area contributed by atoms with Crippen molar-refractivity contribution in [3.8, 4) is 0 Å². The number of benzene rings is 2. The van der Waals surface area contributed by atoms with Gasteiger partial charge in [0.25, 0.3) is 5.69 Å². The van der Waals surface area contributed by atoms with Gasteiger partial charge in [0.15, 0.2) is 0 Å². The fraction of sp³-hybridized carbons (Fsp3) is 0.217. The summed E-state index contributed by atoms with van der Waals surface area (Å²) < 4.78 is 0. The highest BCUT2D eigenvalue weighted by molar-refractivity contribution is 5.89. The van der Waals surface area contributed by atoms with Crippen LogP contribution in [0.1, 0.15) is 29.3 Å². The SMILES string of the molecule is O=C(Nc1ccc([N+](=O)[O-])cc1)N(CCc1ccccn1)C1CCc2ccccc21. The largest absolute Gasteiger partial charge is 0.322 e. The molecule has 1 heterocycles. The van der Waals surface area contributed by atoms with Crippen molar-refractivity contribution >= 4 is 17.4 Å². The third kappa shape index (κ3) is 4.30. The third-order valence-corrected chi connectivity index (χ3v) is 5.40. The van der Waals surface area contributed by atoms with Gasteiger partial charge < -0.3 is 10.2 Å². The van der Waals surface area contributed by atoms with Crippen molar-refractivity contribution in [3.05, 3.63) is 99.9 Å². The highest BCUT2D eigenvalue weighted by Crippen LogP contribution is 2.36. The van der Waals surface area contributed by atoms with Crippen molar-refractivity contribution in [2.24, 2.45) is 0 Å². The Morgan fingerprint density at radius 3 is 2.60 bits per heavy atom. The fourth-order valence-corrected chi connectivity index (χ4v) is 3.90. The minimum absolute atomic E-state index is 0.00951. The lowest BCUT2D eigenvalue weighted by molar-refractivity contribution is -0.384. The van der Waals surface area contributed by atoms with E-state index in [-0.39, 0.29) is 17.8 Å². The number of pyridine rings is 1. The molecule has 1 aliphatic rings. The number of rotatable bonds is 6. The van der Waals surface area contributed by atoms with Gasteiger partial charge in [-0.1, -0.05) is 30.3 Å². The van der Waals surface area contributed by atoms with Crippen LogP contribution in [0.4, 0.5) is 16.2 Å². The van der Waals surface area contributed by atoms with Crippen molar-refractivity contribution in [2.75, 3.05) is 11.9 Å². The Hall–Kier alpha value is -3.74. The summed E-state index contributed by atoms with van der Waals surface area (Å²) in [6, 6.07) is 19.6. The molecule has 152 valence electrons. The molecule has 0 radical (unpaired) electrons. The molecule has 0 bridgehead atoms. The summed E-state index contributed by atoms with van der Waals surface area (Å²) in [7, 11) is 0. The molecule has 2 aromatic carbocycles. The first kappa shape index (κ1) is 19.6. The number of urea groups is 1. The van der Waals surface area contributed by atoms with Crippen LogP contribution in [-0.2, 0) is 12.8 Å². The molecule has 1 aliphatic carbocycles. The molecule has 0 aliphatic heterocycles. The van der Waals surface area contributed by atoms with Crippen LogP contribution in [0.2, 0.25) is 0 Å². The Balaban J connectivity index is 1.54. The summed E-state index contributed by atoms with van der Waals surface area (Å²) in [5.41, 5.74) is 3.90. The van der Waals surface area contributed by atoms with Gasteiger partial charge in [-0.2, -0.15) is 0 Å². The van der Waals surface area contributed by atoms with Gasteiger partial charge in [-0.05, 0) is 48.2 Å². The number of aromatic nitrogens is 1. The first-order chi connectivity index (χ1) is 14.6. The summed E-state index contributed by atoms with van der Waals surface area (Å²) in [5.74, 6) is 0. The fourth-order valence-electron chi connectivity index (χ4n) is 3.90. The molecule has 1 aromatic heterocycles. The lowest BCUT2D eigenvalue weighted by Crippen LogP contribution is -2.39. The lowest BCUT2D eigenvalue weighted by Gasteiger charge is -2.30. The van der Waals surface area contributed by atoms with E-state index in [1.54, 1.807) is 18.3 Å². The molecular weight excluding hydrogens is 380 g/mol. The van der Waals surface area contributed by atoms with Crippen molar-refractivity contribution in [3.63, 3.8) is 0 Å². The maximum atomic E-state index is 13.2. The second-order valence-electron chi connectivity index (χ2n) is 7.25. The van der Waals surface area contributed by atoms with E-state index < -0.39 is 4.92 Å². The van der Waals surface area contributed by atoms with E-state index in [1.807, 2.05) is 35.2 Å². The summed E-state index contributed by atoms with van der Waals surface area (Å²) in [6.07, 6.45) is 4.20. The van der Waals surface area contributed by atoms with E-state index in [9.17, 15) is 14.9 Å². The van der Waals surface area contributed by atoms with Gasteiger partial charge in [0.2, 0.25) is 0 Å². The number of carbonyl (C=O) groups is 1. The van der Waals surface area contributed by atoms with Crippen LogP contribution in [0.5, 0.6) is 0 Å². The van der Waals surface area contributed by atoms with Crippen molar-refractivity contribution in [2.45, 2.75) is 25.3 Å². The molecular formula is C23H22N4O3. The monoisotopic (exact) mass is 402 g/mol. The molecule has 0 saturated carbocycles. The van der Waals surface area contributed by atoms with Crippen molar-refractivity contribution < 1.29 is 9.72 Å². The number of non-ortho nitro benzene ring substituents is 1. The highest BCUT2D eigenvalue weighted by Gasteiger charge is 2.30. The zero-order valence-electron chi connectivity index (χ0n) is 16.4. The molecule has 7 nitrogen and oxygen atoms in total. The Morgan fingerprint density at radius 1 is 1.10 bits per heavy atom. The summed E-state index contributed by atoms with van der Waals surface area (Å²) in [4.78, 5) is 29.8. The number of hydrogen-bond donors (Lipinski definition) is 1. The number of carbonyl (C=O) groups excluding carboxylic acids is 1. The van der Waals surface area contributed by atoms with Crippen LogP contribution in [-0.4, -0.2) is 27.4 Å². The van der Waals surface area contributed by atoms with E-state index in [4.69, 9.17) is 0 Å². The van der Waals surface area contributed by atoms with E-state index >= 15 is 0 Å². The molecule has 1 unspecified atom stereocenters. The van der Waals surface area contributed by atoms with Crippen LogP contribution in [0.3, 0.4) is 0 Å². The van der Waals surface area contributed by atoms with E-state index in [2.05, 4.69) is 22.4 Å². The van der Waals surface area contributed by atoms with E-state index in [0.717, 1.165) is 18.5 Å². The molecule has 2 amide bonds. The molecule has 7 heteroatoms. The number of nitrogens with one attached hydrogen (secondary N) is 1. The van der Waals surface area contributed by atoms with Crippen LogP contribution < -0.4 is 5.32 Å². The number of aryl methyl sites for hydroxylation is 1. The van der Waals surface area contributed by atoms with Crippen LogP contribution in [0, 0.1) is 10.1 Å². The molecule has 1 atom stereocenters. The summed E-state index contributed by atoms with van der Waals surface area (Å²) in [5, 5.41) is 13.8. The maximum absolute atomic E-state index is 13.2. The number of anilines is 1. The second-order valence-corrected chi connectivity index (χ2v) is 7.25. The predicted octanol–water partition coefficient (Wildman–Crippen LogP) is 4.75. The zero-order chi connectivity index (χ0) is 20.9.